The van der Waals surface area contributed by atoms with Crippen LogP contribution < -0.4 is 4.74 Å². The molecule has 32 heavy (non-hydrogen) atoms. The summed E-state index contributed by atoms with van der Waals surface area (Å²) in [5, 5.41) is 0. The molecule has 0 aromatic heterocycles. The van der Waals surface area contributed by atoms with E-state index in [1.165, 1.54) is 16.0 Å². The summed E-state index contributed by atoms with van der Waals surface area (Å²) in [5.41, 5.74) is 4.83. The van der Waals surface area contributed by atoms with Gasteiger partial charge in [-0.05, 0) is 61.1 Å². The molecule has 2 aromatic carbocycles. The molecule has 0 aliphatic rings. The van der Waals surface area contributed by atoms with Crippen molar-refractivity contribution in [1.29, 1.82) is 0 Å². The smallest absolute Gasteiger partial charge is 0.389 e. The van der Waals surface area contributed by atoms with Crippen LogP contribution in [0.5, 0.6) is 5.75 Å². The van der Waals surface area contributed by atoms with E-state index in [0.717, 1.165) is 22.9 Å². The first-order valence-corrected chi connectivity index (χ1v) is 11.8. The highest BCUT2D eigenvalue weighted by Crippen LogP contribution is 2.31. The molecule has 0 fully saturated rings. The standard InChI is InChI=1S/C21H27NOS.C5H9F3/c1-15-7-12-19(13-20(15)22-16(2)21(3,4)5)24-14-17-8-10-18(23-6)11-9-17;1-2-3-4-5(6,7)8/h7-13H,14H2,1-6H3;2-4H2,1H3. The van der Waals surface area contributed by atoms with E-state index in [4.69, 9.17) is 9.73 Å². The fraction of sp³-hybridized carbons (Fsp3) is 0.500. The second-order valence-corrected chi connectivity index (χ2v) is 9.80. The van der Waals surface area contributed by atoms with E-state index in [2.05, 4.69) is 65.0 Å². The third-order valence-corrected chi connectivity index (χ3v) is 6.00. The van der Waals surface area contributed by atoms with E-state index >= 15 is 0 Å². The van der Waals surface area contributed by atoms with Gasteiger partial charge in [0, 0.05) is 22.8 Å². The average Bonchev–Trinajstić information content (AvgIpc) is 2.72. The van der Waals surface area contributed by atoms with Gasteiger partial charge in [0.2, 0.25) is 0 Å². The molecule has 6 heteroatoms. The zero-order chi connectivity index (χ0) is 24.4. The minimum atomic E-state index is -3.95. The SMILES string of the molecule is CCCCC(F)(F)F.COc1ccc(CSc2ccc(C)c(N=C(C)C(C)(C)C)c2)cc1. The van der Waals surface area contributed by atoms with Gasteiger partial charge in [0.1, 0.15) is 5.75 Å². The molecule has 0 amide bonds. The number of alkyl halides is 3. The third kappa shape index (κ3) is 11.1. The molecule has 0 aliphatic carbocycles. The lowest BCUT2D eigenvalue weighted by Gasteiger charge is -2.18. The van der Waals surface area contributed by atoms with Crippen LogP contribution >= 0.6 is 11.8 Å². The van der Waals surface area contributed by atoms with Gasteiger partial charge in [0.15, 0.2) is 0 Å². The largest absolute Gasteiger partial charge is 0.497 e. The Hall–Kier alpha value is -1.95. The van der Waals surface area contributed by atoms with Gasteiger partial charge in [-0.2, -0.15) is 13.2 Å². The lowest BCUT2D eigenvalue weighted by atomic mass is 9.91. The summed E-state index contributed by atoms with van der Waals surface area (Å²) in [6.45, 7) is 12.6. The van der Waals surface area contributed by atoms with Crippen LogP contribution in [0.4, 0.5) is 18.9 Å². The van der Waals surface area contributed by atoms with Gasteiger partial charge in [0.05, 0.1) is 12.8 Å². The van der Waals surface area contributed by atoms with Gasteiger partial charge in [-0.15, -0.1) is 11.8 Å². The number of thioether (sulfide) groups is 1. The molecule has 0 N–H and O–H groups in total. The first-order chi connectivity index (χ1) is 14.9. The van der Waals surface area contributed by atoms with Crippen LogP contribution in [-0.2, 0) is 5.75 Å². The van der Waals surface area contributed by atoms with Crippen LogP contribution in [0.3, 0.4) is 0 Å². The van der Waals surface area contributed by atoms with E-state index in [1.807, 2.05) is 23.9 Å². The molecule has 178 valence electrons. The summed E-state index contributed by atoms with van der Waals surface area (Å²) in [6, 6.07) is 14.8. The van der Waals surface area contributed by atoms with Crippen molar-refractivity contribution in [2.24, 2.45) is 10.4 Å². The summed E-state index contributed by atoms with van der Waals surface area (Å²) in [6.07, 6.45) is -3.72. The topological polar surface area (TPSA) is 21.6 Å². The maximum atomic E-state index is 11.2. The summed E-state index contributed by atoms with van der Waals surface area (Å²) in [4.78, 5) is 6.10. The summed E-state index contributed by atoms with van der Waals surface area (Å²) in [7, 11) is 1.69. The van der Waals surface area contributed by atoms with Crippen LogP contribution in [0.15, 0.2) is 52.4 Å². The number of methoxy groups -OCH3 is 1. The van der Waals surface area contributed by atoms with E-state index < -0.39 is 12.6 Å². The van der Waals surface area contributed by atoms with E-state index in [0.29, 0.717) is 6.42 Å². The molecule has 0 spiro atoms. The van der Waals surface area contributed by atoms with E-state index in [-0.39, 0.29) is 11.8 Å². The van der Waals surface area contributed by atoms with Gasteiger partial charge >= 0.3 is 6.18 Å². The van der Waals surface area contributed by atoms with Crippen molar-refractivity contribution in [2.75, 3.05) is 7.11 Å². The summed E-state index contributed by atoms with van der Waals surface area (Å²) >= 11 is 1.83. The van der Waals surface area contributed by atoms with E-state index in [9.17, 15) is 13.2 Å². The average molecular weight is 468 g/mol. The molecule has 0 unspecified atom stereocenters. The number of hydrogen-bond acceptors (Lipinski definition) is 3. The molecule has 2 aromatic rings. The molecule has 2 nitrogen and oxygen atoms in total. The predicted molar refractivity (Wildman–Crippen MR) is 132 cm³/mol. The van der Waals surface area contributed by atoms with Crippen molar-refractivity contribution in [2.45, 2.75) is 77.6 Å². The maximum Gasteiger partial charge on any atom is 0.389 e. The molecule has 0 bridgehead atoms. The fourth-order valence-corrected chi connectivity index (χ4v) is 3.30. The number of hydrogen-bond donors (Lipinski definition) is 0. The van der Waals surface area contributed by atoms with Gasteiger partial charge in [-0.1, -0.05) is 52.3 Å². The Labute approximate surface area is 195 Å². The molecule has 0 aliphatic heterocycles. The number of ether oxygens (including phenoxy) is 1. The quantitative estimate of drug-likeness (QED) is 0.299. The summed E-state index contributed by atoms with van der Waals surface area (Å²) in [5.74, 6) is 1.84. The number of halogens is 3. The number of aryl methyl sites for hydroxylation is 1. The fourth-order valence-electron chi connectivity index (χ4n) is 2.41. The number of rotatable bonds is 7. The number of unbranched alkanes of at least 4 members (excludes halogenated alkanes) is 1. The molecule has 0 heterocycles. The molecular weight excluding hydrogens is 431 g/mol. The minimum absolute atomic E-state index is 0.0959. The van der Waals surface area contributed by atoms with E-state index in [1.54, 1.807) is 14.0 Å². The zero-order valence-electron chi connectivity index (χ0n) is 20.3. The Morgan fingerprint density at radius 3 is 2.12 bits per heavy atom. The van der Waals surface area contributed by atoms with Crippen molar-refractivity contribution >= 4 is 23.2 Å². The normalized spacial score (nSPS) is 12.2. The van der Waals surface area contributed by atoms with Crippen molar-refractivity contribution in [1.82, 2.24) is 0 Å². The van der Waals surface area contributed by atoms with Crippen LogP contribution in [0.25, 0.3) is 0 Å². The number of nitrogens with zero attached hydrogens (tertiary/aromatic N) is 1. The molecule has 0 saturated carbocycles. The van der Waals surface area contributed by atoms with Crippen molar-refractivity contribution in [3.8, 4) is 5.75 Å². The number of benzene rings is 2. The first-order valence-electron chi connectivity index (χ1n) is 10.8. The Balaban J connectivity index is 0.000000547. The molecule has 0 radical (unpaired) electrons. The number of aliphatic imine (C=N–C) groups is 1. The Morgan fingerprint density at radius 1 is 1.03 bits per heavy atom. The van der Waals surface area contributed by atoms with Gasteiger partial charge < -0.3 is 4.74 Å². The highest BCUT2D eigenvalue weighted by Gasteiger charge is 2.25. The highest BCUT2D eigenvalue weighted by molar-refractivity contribution is 7.98. The summed E-state index contributed by atoms with van der Waals surface area (Å²) < 4.78 is 38.9. The minimum Gasteiger partial charge on any atom is -0.497 e. The lowest BCUT2D eigenvalue weighted by molar-refractivity contribution is -0.135. The molecule has 2 rings (SSSR count). The monoisotopic (exact) mass is 467 g/mol. The van der Waals surface area contributed by atoms with Gasteiger partial charge in [0.25, 0.3) is 0 Å². The highest BCUT2D eigenvalue weighted by atomic mass is 32.2. The Kier molecular flexibility index (Phi) is 11.3. The zero-order valence-corrected chi connectivity index (χ0v) is 21.1. The van der Waals surface area contributed by atoms with Crippen molar-refractivity contribution < 1.29 is 17.9 Å². The lowest BCUT2D eigenvalue weighted by Crippen LogP contribution is -2.16. The Morgan fingerprint density at radius 2 is 1.66 bits per heavy atom. The van der Waals surface area contributed by atoms with Gasteiger partial charge in [-0.25, -0.2) is 0 Å². The molecular formula is C26H36F3NOS. The van der Waals surface area contributed by atoms with Crippen LogP contribution in [-0.4, -0.2) is 19.0 Å². The van der Waals surface area contributed by atoms with Crippen molar-refractivity contribution in [3.05, 3.63) is 53.6 Å². The van der Waals surface area contributed by atoms with Crippen molar-refractivity contribution in [3.63, 3.8) is 0 Å². The Bertz CT molecular complexity index is 853. The first kappa shape index (κ1) is 28.1. The maximum absolute atomic E-state index is 11.2. The van der Waals surface area contributed by atoms with Gasteiger partial charge in [-0.3, -0.25) is 4.99 Å². The van der Waals surface area contributed by atoms with Crippen LogP contribution in [0, 0.1) is 12.3 Å². The second kappa shape index (κ2) is 12.9. The molecule has 0 saturated heterocycles. The van der Waals surface area contributed by atoms with Crippen LogP contribution in [0.2, 0.25) is 0 Å². The predicted octanol–water partition coefficient (Wildman–Crippen LogP) is 9.17. The second-order valence-electron chi connectivity index (χ2n) is 8.75. The molecule has 0 atom stereocenters. The third-order valence-electron chi connectivity index (χ3n) is 4.93. The van der Waals surface area contributed by atoms with Crippen LogP contribution in [0.1, 0.15) is 65.0 Å².